The van der Waals surface area contributed by atoms with Crippen LogP contribution in [0.25, 0.3) is 0 Å². The van der Waals surface area contributed by atoms with Crippen LogP contribution in [0.1, 0.15) is 52.5 Å². The van der Waals surface area contributed by atoms with E-state index in [1.165, 1.54) is 5.56 Å². The van der Waals surface area contributed by atoms with E-state index in [2.05, 4.69) is 17.4 Å². The molecule has 1 amide bonds. The van der Waals surface area contributed by atoms with E-state index in [9.17, 15) is 9.59 Å². The fourth-order valence-electron chi connectivity index (χ4n) is 3.84. The van der Waals surface area contributed by atoms with Gasteiger partial charge in [0.1, 0.15) is 17.7 Å². The zero-order valence-corrected chi connectivity index (χ0v) is 19.4. The molecule has 7 nitrogen and oxygen atoms in total. The molecular formula is C24H37NO6. The van der Waals surface area contributed by atoms with Gasteiger partial charge in [0.15, 0.2) is 0 Å². The Morgan fingerprint density at radius 2 is 1.87 bits per heavy atom. The molecule has 2 rings (SSSR count). The molecule has 0 saturated carbocycles. The first-order valence-electron chi connectivity index (χ1n) is 11.0. The zero-order valence-electron chi connectivity index (χ0n) is 19.4. The van der Waals surface area contributed by atoms with Gasteiger partial charge in [-0.1, -0.05) is 36.8 Å². The second-order valence-corrected chi connectivity index (χ2v) is 9.05. The molecule has 1 aromatic carbocycles. The zero-order chi connectivity index (χ0) is 22.9. The summed E-state index contributed by atoms with van der Waals surface area (Å²) in [7, 11) is 1.63. The van der Waals surface area contributed by atoms with Crippen molar-refractivity contribution in [3.63, 3.8) is 0 Å². The van der Waals surface area contributed by atoms with Crippen LogP contribution in [0.4, 0.5) is 4.79 Å². The standard InChI is InChI=1S/C24H37NO6/c1-17-21(29-15-14-28-5)19(16-18-10-7-6-8-11-18)12-9-13-20(22(26)30-17)25-23(27)31-24(2,3)4/h6-8,10-11,17,19-21H,9,12-16H2,1-5H3,(H,25,27)/t17-,19+,20-,21-/m0/s1. The molecule has 0 aliphatic carbocycles. The highest BCUT2D eigenvalue weighted by molar-refractivity contribution is 5.81. The summed E-state index contributed by atoms with van der Waals surface area (Å²) in [5.74, 6) is -0.290. The van der Waals surface area contributed by atoms with Crippen LogP contribution < -0.4 is 5.32 Å². The average molecular weight is 436 g/mol. The highest BCUT2D eigenvalue weighted by Gasteiger charge is 2.35. The molecule has 0 spiro atoms. The molecule has 1 fully saturated rings. The molecular weight excluding hydrogens is 398 g/mol. The molecule has 0 radical (unpaired) electrons. The normalized spacial score (nSPS) is 25.0. The predicted octanol–water partition coefficient (Wildman–Crippen LogP) is 3.89. The minimum atomic E-state index is -0.743. The molecule has 1 aliphatic heterocycles. The van der Waals surface area contributed by atoms with Crippen molar-refractivity contribution in [2.75, 3.05) is 20.3 Å². The highest BCUT2D eigenvalue weighted by atomic mass is 16.6. The lowest BCUT2D eigenvalue weighted by Crippen LogP contribution is -2.46. The van der Waals surface area contributed by atoms with Crippen molar-refractivity contribution in [1.29, 1.82) is 0 Å². The summed E-state index contributed by atoms with van der Waals surface area (Å²) in [5.41, 5.74) is 0.579. The van der Waals surface area contributed by atoms with E-state index in [0.29, 0.717) is 19.6 Å². The fraction of sp³-hybridized carbons (Fsp3) is 0.667. The quantitative estimate of drug-likeness (QED) is 0.517. The summed E-state index contributed by atoms with van der Waals surface area (Å²) in [5, 5.41) is 2.68. The first-order valence-corrected chi connectivity index (χ1v) is 11.0. The molecule has 7 heteroatoms. The molecule has 0 bridgehead atoms. The maximum atomic E-state index is 12.8. The van der Waals surface area contributed by atoms with Gasteiger partial charge in [-0.3, -0.25) is 0 Å². The molecule has 0 aromatic heterocycles. The number of ether oxygens (including phenoxy) is 4. The van der Waals surface area contributed by atoms with Gasteiger partial charge in [-0.2, -0.15) is 0 Å². The minimum Gasteiger partial charge on any atom is -0.458 e. The van der Waals surface area contributed by atoms with E-state index in [1.807, 2.05) is 25.1 Å². The monoisotopic (exact) mass is 435 g/mol. The van der Waals surface area contributed by atoms with Crippen LogP contribution in [-0.2, 0) is 30.2 Å². The maximum Gasteiger partial charge on any atom is 0.408 e. The number of benzene rings is 1. The number of nitrogens with one attached hydrogen (secondary N) is 1. The summed E-state index contributed by atoms with van der Waals surface area (Å²) >= 11 is 0. The second kappa shape index (κ2) is 12.1. The van der Waals surface area contributed by atoms with E-state index in [1.54, 1.807) is 27.9 Å². The van der Waals surface area contributed by atoms with Crippen LogP contribution in [-0.4, -0.2) is 56.2 Å². The predicted molar refractivity (Wildman–Crippen MR) is 118 cm³/mol. The third-order valence-electron chi connectivity index (χ3n) is 5.21. The van der Waals surface area contributed by atoms with Crippen LogP contribution in [0.3, 0.4) is 0 Å². The van der Waals surface area contributed by atoms with Gasteiger partial charge in [0.05, 0.1) is 19.3 Å². The summed E-state index contributed by atoms with van der Waals surface area (Å²) in [6.07, 6.45) is 1.57. The molecule has 0 unspecified atom stereocenters. The minimum absolute atomic E-state index is 0.169. The van der Waals surface area contributed by atoms with Gasteiger partial charge in [-0.25, -0.2) is 9.59 Å². The van der Waals surface area contributed by atoms with Crippen molar-refractivity contribution in [2.24, 2.45) is 5.92 Å². The number of rotatable bonds is 7. The Labute approximate surface area is 185 Å². The Bertz CT molecular complexity index is 687. The van der Waals surface area contributed by atoms with Crippen LogP contribution in [0, 0.1) is 5.92 Å². The molecule has 1 aromatic rings. The molecule has 1 saturated heterocycles. The van der Waals surface area contributed by atoms with Crippen molar-refractivity contribution in [1.82, 2.24) is 5.32 Å². The lowest BCUT2D eigenvalue weighted by Gasteiger charge is -2.31. The van der Waals surface area contributed by atoms with Gasteiger partial charge in [-0.05, 0) is 58.4 Å². The van der Waals surface area contributed by atoms with E-state index < -0.39 is 29.8 Å². The Hall–Kier alpha value is -2.12. The SMILES string of the molecule is COCCO[C@@H]1[C@@H](Cc2ccccc2)CCC[C@H](NC(=O)OC(C)(C)C)C(=O)O[C@H]1C. The molecule has 1 heterocycles. The lowest BCUT2D eigenvalue weighted by atomic mass is 9.87. The summed E-state index contributed by atoms with van der Waals surface area (Å²) in [6.45, 7) is 8.10. The molecule has 174 valence electrons. The van der Waals surface area contributed by atoms with Crippen molar-refractivity contribution < 1.29 is 28.5 Å². The summed E-state index contributed by atoms with van der Waals surface area (Å²) in [4.78, 5) is 25.0. The topological polar surface area (TPSA) is 83.1 Å². The van der Waals surface area contributed by atoms with E-state index in [-0.39, 0.29) is 12.0 Å². The number of amides is 1. The fourth-order valence-corrected chi connectivity index (χ4v) is 3.84. The molecule has 1 N–H and O–H groups in total. The van der Waals surface area contributed by atoms with Crippen LogP contribution in [0.5, 0.6) is 0 Å². The van der Waals surface area contributed by atoms with Gasteiger partial charge >= 0.3 is 12.1 Å². The number of methoxy groups -OCH3 is 1. The molecule has 4 atom stereocenters. The Morgan fingerprint density at radius 3 is 2.52 bits per heavy atom. The van der Waals surface area contributed by atoms with Gasteiger partial charge in [-0.15, -0.1) is 0 Å². The van der Waals surface area contributed by atoms with Crippen molar-refractivity contribution >= 4 is 12.1 Å². The Morgan fingerprint density at radius 1 is 1.16 bits per heavy atom. The summed E-state index contributed by atoms with van der Waals surface area (Å²) in [6, 6.07) is 9.50. The number of hydrogen-bond donors (Lipinski definition) is 1. The van der Waals surface area contributed by atoms with Crippen molar-refractivity contribution in [2.45, 2.75) is 77.2 Å². The third-order valence-corrected chi connectivity index (χ3v) is 5.21. The lowest BCUT2D eigenvalue weighted by molar-refractivity contribution is -0.161. The van der Waals surface area contributed by atoms with Gasteiger partial charge in [0, 0.05) is 7.11 Å². The van der Waals surface area contributed by atoms with Crippen LogP contribution >= 0.6 is 0 Å². The van der Waals surface area contributed by atoms with Gasteiger partial charge < -0.3 is 24.3 Å². The van der Waals surface area contributed by atoms with Crippen molar-refractivity contribution in [3.8, 4) is 0 Å². The Balaban J connectivity index is 2.13. The van der Waals surface area contributed by atoms with E-state index >= 15 is 0 Å². The molecule has 31 heavy (non-hydrogen) atoms. The van der Waals surface area contributed by atoms with Gasteiger partial charge in [0.25, 0.3) is 0 Å². The largest absolute Gasteiger partial charge is 0.458 e. The van der Waals surface area contributed by atoms with Crippen LogP contribution in [0.15, 0.2) is 30.3 Å². The van der Waals surface area contributed by atoms with Gasteiger partial charge in [0.2, 0.25) is 0 Å². The smallest absolute Gasteiger partial charge is 0.408 e. The average Bonchev–Trinajstić information content (AvgIpc) is 2.73. The first-order chi connectivity index (χ1) is 14.7. The number of carbonyl (C=O) groups is 2. The second-order valence-electron chi connectivity index (χ2n) is 9.05. The Kier molecular flexibility index (Phi) is 9.78. The van der Waals surface area contributed by atoms with Crippen LogP contribution in [0.2, 0.25) is 0 Å². The van der Waals surface area contributed by atoms with E-state index in [4.69, 9.17) is 18.9 Å². The number of hydrogen-bond acceptors (Lipinski definition) is 6. The van der Waals surface area contributed by atoms with Crippen molar-refractivity contribution in [3.05, 3.63) is 35.9 Å². The van der Waals surface area contributed by atoms with E-state index in [0.717, 1.165) is 19.3 Å². The maximum absolute atomic E-state index is 12.8. The number of cyclic esters (lactones) is 1. The third kappa shape index (κ3) is 8.87. The number of alkyl carbamates (subject to hydrolysis) is 1. The highest BCUT2D eigenvalue weighted by Crippen LogP contribution is 2.27. The number of carbonyl (C=O) groups excluding carboxylic acids is 2. The summed E-state index contributed by atoms with van der Waals surface area (Å²) < 4.78 is 22.3. The number of esters is 1. The molecule has 1 aliphatic rings. The first kappa shape index (κ1) is 25.1.